The van der Waals surface area contributed by atoms with Crippen LogP contribution in [0, 0.1) is 5.92 Å². The van der Waals surface area contributed by atoms with Crippen LogP contribution in [-0.4, -0.2) is 29.6 Å². The smallest absolute Gasteiger partial charge is 0.247 e. The van der Waals surface area contributed by atoms with Crippen LogP contribution in [0.1, 0.15) is 26.7 Å². The Labute approximate surface area is 95.3 Å². The van der Waals surface area contributed by atoms with E-state index in [1.807, 2.05) is 13.8 Å². The average molecular weight is 232 g/mol. The highest BCUT2D eigenvalue weighted by Crippen LogP contribution is 2.24. The second-order valence-corrected chi connectivity index (χ2v) is 5.32. The molecule has 2 atom stereocenters. The normalized spacial score (nSPS) is 23.1. The molecule has 1 aliphatic heterocycles. The Balaban J connectivity index is 2.33. The molecule has 88 valence electrons. The highest BCUT2D eigenvalue weighted by Gasteiger charge is 2.24. The van der Waals surface area contributed by atoms with E-state index in [1.54, 1.807) is 11.8 Å². The highest BCUT2D eigenvalue weighted by atomic mass is 32.2. The molecule has 3 N–H and O–H groups in total. The quantitative estimate of drug-likeness (QED) is 0.420. The van der Waals surface area contributed by atoms with Gasteiger partial charge in [0, 0.05) is 12.4 Å². The lowest BCUT2D eigenvalue weighted by Gasteiger charge is -2.20. The van der Waals surface area contributed by atoms with Gasteiger partial charge in [0.2, 0.25) is 5.91 Å². The van der Waals surface area contributed by atoms with Gasteiger partial charge in [0.05, 0.1) is 11.4 Å². The van der Waals surface area contributed by atoms with Gasteiger partial charge in [-0.2, -0.15) is 0 Å². The number of hydrogen-bond donors (Lipinski definition) is 2. The van der Waals surface area contributed by atoms with Crippen molar-refractivity contribution in [2.75, 3.05) is 12.4 Å². The molecule has 0 aromatic heterocycles. The molecule has 1 fully saturated rings. The third-order valence-corrected chi connectivity index (χ3v) is 4.17. The minimum absolute atomic E-state index is 0.0702. The first-order chi connectivity index (χ1) is 7.15. The summed E-state index contributed by atoms with van der Waals surface area (Å²) >= 11 is 1.64. The number of carbonyl (C=O) groups excluding carboxylic acids is 1. The van der Waals surface area contributed by atoms with Gasteiger partial charge >= 0.3 is 0 Å². The van der Waals surface area contributed by atoms with Crippen molar-refractivity contribution < 1.29 is 9.53 Å². The molecule has 0 spiro atoms. The summed E-state index contributed by atoms with van der Waals surface area (Å²) in [7, 11) is 0. The van der Waals surface area contributed by atoms with Gasteiger partial charge in [-0.3, -0.25) is 10.2 Å². The van der Waals surface area contributed by atoms with Gasteiger partial charge in [0.1, 0.15) is 0 Å². The molecule has 0 aromatic rings. The van der Waals surface area contributed by atoms with Crippen molar-refractivity contribution in [3.8, 4) is 0 Å². The van der Waals surface area contributed by atoms with Crippen molar-refractivity contribution in [3.05, 3.63) is 0 Å². The predicted molar refractivity (Wildman–Crippen MR) is 62.4 cm³/mol. The number of carbonyl (C=O) groups is 1. The summed E-state index contributed by atoms with van der Waals surface area (Å²) in [5.74, 6) is 6.24. The Hall–Kier alpha value is -0.260. The van der Waals surface area contributed by atoms with Crippen LogP contribution in [-0.2, 0) is 9.53 Å². The molecule has 1 saturated heterocycles. The Morgan fingerprint density at radius 2 is 2.40 bits per heavy atom. The van der Waals surface area contributed by atoms with Crippen LogP contribution in [0.4, 0.5) is 0 Å². The van der Waals surface area contributed by atoms with Crippen LogP contribution in [0.15, 0.2) is 0 Å². The number of thioether (sulfide) groups is 1. The molecule has 5 heteroatoms. The largest absolute Gasteiger partial charge is 0.377 e. The number of amides is 1. The van der Waals surface area contributed by atoms with Gasteiger partial charge in [-0.1, -0.05) is 13.8 Å². The van der Waals surface area contributed by atoms with Gasteiger partial charge in [-0.05, 0) is 18.8 Å². The van der Waals surface area contributed by atoms with Crippen molar-refractivity contribution in [1.29, 1.82) is 0 Å². The lowest BCUT2D eigenvalue weighted by atomic mass is 10.1. The van der Waals surface area contributed by atoms with Crippen LogP contribution < -0.4 is 11.3 Å². The van der Waals surface area contributed by atoms with Crippen LogP contribution in [0.3, 0.4) is 0 Å². The fraction of sp³-hybridized carbons (Fsp3) is 0.900. The predicted octanol–water partition coefficient (Wildman–Crippen LogP) is 0.913. The maximum Gasteiger partial charge on any atom is 0.247 e. The fourth-order valence-electron chi connectivity index (χ4n) is 1.64. The maximum absolute atomic E-state index is 11.5. The number of nitrogens with two attached hydrogens (primary N) is 1. The Morgan fingerprint density at radius 3 is 2.87 bits per heavy atom. The SMILES string of the molecule is CC(C)C(SCC1CCCO1)C(=O)NN. The zero-order chi connectivity index (χ0) is 11.3. The summed E-state index contributed by atoms with van der Waals surface area (Å²) in [6.45, 7) is 4.92. The molecule has 0 radical (unpaired) electrons. The van der Waals surface area contributed by atoms with E-state index in [4.69, 9.17) is 10.6 Å². The molecular formula is C10H20N2O2S. The maximum atomic E-state index is 11.5. The molecule has 1 aliphatic rings. The highest BCUT2D eigenvalue weighted by molar-refractivity contribution is 8.00. The summed E-state index contributed by atoms with van der Waals surface area (Å²) in [5.41, 5.74) is 2.22. The van der Waals surface area contributed by atoms with E-state index < -0.39 is 0 Å². The molecule has 2 unspecified atom stereocenters. The Kier molecular flexibility index (Phi) is 5.42. The molecule has 1 amide bonds. The van der Waals surface area contributed by atoms with Crippen LogP contribution >= 0.6 is 11.8 Å². The molecule has 0 bridgehead atoms. The lowest BCUT2D eigenvalue weighted by molar-refractivity contribution is -0.121. The van der Waals surface area contributed by atoms with E-state index in [-0.39, 0.29) is 11.2 Å². The van der Waals surface area contributed by atoms with Crippen LogP contribution in [0.2, 0.25) is 0 Å². The Morgan fingerprint density at radius 1 is 1.67 bits per heavy atom. The van der Waals surface area contributed by atoms with Crippen molar-refractivity contribution in [3.63, 3.8) is 0 Å². The molecule has 1 heterocycles. The molecule has 0 aliphatic carbocycles. The summed E-state index contributed by atoms with van der Waals surface area (Å²) in [6, 6.07) is 0. The van der Waals surface area contributed by atoms with E-state index >= 15 is 0 Å². The zero-order valence-corrected chi connectivity index (χ0v) is 10.2. The van der Waals surface area contributed by atoms with Crippen molar-refractivity contribution >= 4 is 17.7 Å². The summed E-state index contributed by atoms with van der Waals surface area (Å²) in [5, 5.41) is -0.0702. The second kappa shape index (κ2) is 6.35. The van der Waals surface area contributed by atoms with E-state index in [0.717, 1.165) is 25.2 Å². The van der Waals surface area contributed by atoms with Crippen molar-refractivity contribution in [1.82, 2.24) is 5.43 Å². The van der Waals surface area contributed by atoms with Crippen LogP contribution in [0.5, 0.6) is 0 Å². The molecule has 1 rings (SSSR count). The minimum Gasteiger partial charge on any atom is -0.377 e. The van der Waals surface area contributed by atoms with Crippen molar-refractivity contribution in [2.45, 2.75) is 38.0 Å². The number of hydrazine groups is 1. The van der Waals surface area contributed by atoms with E-state index in [1.165, 1.54) is 0 Å². The van der Waals surface area contributed by atoms with Crippen LogP contribution in [0.25, 0.3) is 0 Å². The number of ether oxygens (including phenoxy) is 1. The monoisotopic (exact) mass is 232 g/mol. The average Bonchev–Trinajstić information content (AvgIpc) is 2.70. The number of rotatable bonds is 5. The van der Waals surface area contributed by atoms with Gasteiger partial charge in [-0.25, -0.2) is 5.84 Å². The fourth-order valence-corrected chi connectivity index (χ4v) is 2.93. The summed E-state index contributed by atoms with van der Waals surface area (Å²) in [4.78, 5) is 11.5. The molecular weight excluding hydrogens is 212 g/mol. The van der Waals surface area contributed by atoms with E-state index in [9.17, 15) is 4.79 Å². The molecule has 0 aromatic carbocycles. The molecule has 4 nitrogen and oxygen atoms in total. The third-order valence-electron chi connectivity index (χ3n) is 2.49. The second-order valence-electron chi connectivity index (χ2n) is 4.14. The number of hydrogen-bond acceptors (Lipinski definition) is 4. The van der Waals surface area contributed by atoms with Crippen molar-refractivity contribution in [2.24, 2.45) is 11.8 Å². The van der Waals surface area contributed by atoms with Gasteiger partial charge < -0.3 is 4.74 Å². The van der Waals surface area contributed by atoms with E-state index in [0.29, 0.717) is 12.0 Å². The molecule has 15 heavy (non-hydrogen) atoms. The standard InChI is InChI=1S/C10H20N2O2S/c1-7(2)9(10(13)12-11)15-6-8-4-3-5-14-8/h7-9H,3-6,11H2,1-2H3,(H,12,13). The molecule has 0 saturated carbocycles. The lowest BCUT2D eigenvalue weighted by Crippen LogP contribution is -2.40. The first kappa shape index (κ1) is 12.8. The van der Waals surface area contributed by atoms with E-state index in [2.05, 4.69) is 5.43 Å². The van der Waals surface area contributed by atoms with Gasteiger partial charge in [-0.15, -0.1) is 11.8 Å². The minimum atomic E-state index is -0.0898. The summed E-state index contributed by atoms with van der Waals surface area (Å²) in [6.07, 6.45) is 2.57. The first-order valence-corrected chi connectivity index (χ1v) is 6.43. The number of nitrogens with one attached hydrogen (secondary N) is 1. The Bertz CT molecular complexity index is 206. The third kappa shape index (κ3) is 4.01. The zero-order valence-electron chi connectivity index (χ0n) is 9.36. The van der Waals surface area contributed by atoms with Gasteiger partial charge in [0.25, 0.3) is 0 Å². The first-order valence-electron chi connectivity index (χ1n) is 5.38. The summed E-state index contributed by atoms with van der Waals surface area (Å²) < 4.78 is 5.51. The topological polar surface area (TPSA) is 64.3 Å². The van der Waals surface area contributed by atoms with Gasteiger partial charge in [0.15, 0.2) is 0 Å².